The van der Waals surface area contributed by atoms with Gasteiger partial charge in [0.15, 0.2) is 0 Å². The molecule has 0 spiro atoms. The van der Waals surface area contributed by atoms with Crippen LogP contribution in [0.15, 0.2) is 0 Å². The van der Waals surface area contributed by atoms with Crippen molar-refractivity contribution in [3.63, 3.8) is 0 Å². The molecular formula is C9H20BN+. The molecule has 0 amide bonds. The number of hydrogen-bond donors (Lipinski definition) is 0. The van der Waals surface area contributed by atoms with E-state index in [9.17, 15) is 0 Å². The minimum atomic E-state index is 0. The molecular weight excluding hydrogens is 133 g/mol. The van der Waals surface area contributed by atoms with Gasteiger partial charge in [0, 0.05) is 8.41 Å². The predicted octanol–water partition coefficient (Wildman–Crippen LogP) is 1.64. The van der Waals surface area contributed by atoms with Gasteiger partial charge in [-0.15, -0.1) is 0 Å². The molecule has 0 atom stereocenters. The van der Waals surface area contributed by atoms with Gasteiger partial charge < -0.3 is 4.48 Å². The summed E-state index contributed by atoms with van der Waals surface area (Å²) in [6.45, 7) is 0. The Kier molecular flexibility index (Phi) is 4.16. The molecule has 0 unspecified atom stereocenters. The molecule has 1 saturated carbocycles. The van der Waals surface area contributed by atoms with Gasteiger partial charge in [0.1, 0.15) is 0 Å². The van der Waals surface area contributed by atoms with E-state index in [1.807, 2.05) is 0 Å². The Balaban J connectivity index is 0.000001000. The fraction of sp³-hybridized carbons (Fsp3) is 1.00. The Bertz CT molecular complexity index is 101. The molecule has 1 nitrogen and oxygen atoms in total. The summed E-state index contributed by atoms with van der Waals surface area (Å²) in [5.74, 6) is 0. The van der Waals surface area contributed by atoms with E-state index in [4.69, 9.17) is 0 Å². The Morgan fingerprint density at radius 2 is 1.36 bits per heavy atom. The lowest BCUT2D eigenvalue weighted by Gasteiger charge is -2.36. The summed E-state index contributed by atoms with van der Waals surface area (Å²) in [5.41, 5.74) is 0. The van der Waals surface area contributed by atoms with E-state index < -0.39 is 0 Å². The summed E-state index contributed by atoms with van der Waals surface area (Å²) in [6.07, 6.45) is 7.28. The molecule has 0 N–H and O–H groups in total. The van der Waals surface area contributed by atoms with Crippen molar-refractivity contribution in [3.8, 4) is 0 Å². The second-order valence-electron chi connectivity index (χ2n) is 4.41. The van der Waals surface area contributed by atoms with Crippen molar-refractivity contribution >= 4 is 8.41 Å². The molecule has 0 aromatic rings. The van der Waals surface area contributed by atoms with Crippen LogP contribution in [0.2, 0.25) is 0 Å². The summed E-state index contributed by atoms with van der Waals surface area (Å²) >= 11 is 0. The Hall–Kier alpha value is 0.0249. The van der Waals surface area contributed by atoms with Gasteiger partial charge in [-0.3, -0.25) is 0 Å². The normalized spacial score (nSPS) is 21.0. The third kappa shape index (κ3) is 3.28. The zero-order valence-corrected chi connectivity index (χ0v) is 8.14. The van der Waals surface area contributed by atoms with Gasteiger partial charge in [0.25, 0.3) is 0 Å². The van der Waals surface area contributed by atoms with Crippen molar-refractivity contribution in [1.82, 2.24) is 0 Å². The molecule has 1 aliphatic rings. The van der Waals surface area contributed by atoms with E-state index in [1.54, 1.807) is 0 Å². The van der Waals surface area contributed by atoms with Gasteiger partial charge in [-0.25, -0.2) is 0 Å². The Labute approximate surface area is 72.9 Å². The van der Waals surface area contributed by atoms with E-state index in [-0.39, 0.29) is 8.41 Å². The zero-order chi connectivity index (χ0) is 7.61. The lowest BCUT2D eigenvalue weighted by molar-refractivity contribution is -0.897. The summed E-state index contributed by atoms with van der Waals surface area (Å²) in [6, 6.07) is 0.939. The maximum Gasteiger partial charge on any atom is 0.0884 e. The second kappa shape index (κ2) is 4.15. The fourth-order valence-electron chi connectivity index (χ4n) is 1.86. The second-order valence-corrected chi connectivity index (χ2v) is 4.41. The topological polar surface area (TPSA) is 0 Å². The van der Waals surface area contributed by atoms with Crippen LogP contribution in [0, 0.1) is 0 Å². The van der Waals surface area contributed by atoms with Crippen molar-refractivity contribution < 1.29 is 4.48 Å². The highest BCUT2D eigenvalue weighted by Crippen LogP contribution is 2.23. The lowest BCUT2D eigenvalue weighted by Crippen LogP contribution is -2.45. The summed E-state index contributed by atoms with van der Waals surface area (Å²) < 4.78 is 1.17. The molecule has 0 heterocycles. The van der Waals surface area contributed by atoms with Gasteiger partial charge in [0.05, 0.1) is 27.2 Å². The highest BCUT2D eigenvalue weighted by Gasteiger charge is 2.24. The van der Waals surface area contributed by atoms with E-state index in [1.165, 1.54) is 36.6 Å². The first kappa shape index (κ1) is 11.0. The van der Waals surface area contributed by atoms with E-state index in [2.05, 4.69) is 21.1 Å². The van der Waals surface area contributed by atoms with Crippen LogP contribution >= 0.6 is 0 Å². The molecule has 3 radical (unpaired) electrons. The van der Waals surface area contributed by atoms with E-state index >= 15 is 0 Å². The number of hydrogen-bond acceptors (Lipinski definition) is 0. The molecule has 2 heteroatoms. The number of nitrogens with zero attached hydrogens (tertiary/aromatic N) is 1. The standard InChI is InChI=1S/C9H20N.B/c1-10(2,3)9-7-5-4-6-8-9;/h9H,4-8H2,1-3H3;/q+1;. The Morgan fingerprint density at radius 3 is 1.64 bits per heavy atom. The largest absolute Gasteiger partial charge is 0.328 e. The van der Waals surface area contributed by atoms with Crippen LogP contribution in [0.5, 0.6) is 0 Å². The molecule has 1 aliphatic carbocycles. The predicted molar refractivity (Wildman–Crippen MR) is 50.7 cm³/mol. The van der Waals surface area contributed by atoms with Gasteiger partial charge in [-0.1, -0.05) is 6.42 Å². The van der Waals surface area contributed by atoms with Crippen LogP contribution in [-0.4, -0.2) is 40.1 Å². The van der Waals surface area contributed by atoms with Crippen molar-refractivity contribution in [2.24, 2.45) is 0 Å². The third-order valence-electron chi connectivity index (χ3n) is 2.67. The smallest absolute Gasteiger partial charge is 0.0884 e. The van der Waals surface area contributed by atoms with Crippen molar-refractivity contribution in [3.05, 3.63) is 0 Å². The van der Waals surface area contributed by atoms with Gasteiger partial charge >= 0.3 is 0 Å². The molecule has 1 fully saturated rings. The molecule has 63 valence electrons. The van der Waals surface area contributed by atoms with E-state index in [0.29, 0.717) is 0 Å². The number of quaternary nitrogens is 1. The molecule has 0 aromatic heterocycles. The Morgan fingerprint density at radius 1 is 0.909 bits per heavy atom. The first-order valence-corrected chi connectivity index (χ1v) is 4.42. The minimum absolute atomic E-state index is 0. The van der Waals surface area contributed by atoms with Crippen molar-refractivity contribution in [2.75, 3.05) is 21.1 Å². The van der Waals surface area contributed by atoms with Crippen LogP contribution < -0.4 is 0 Å². The minimum Gasteiger partial charge on any atom is -0.328 e. The van der Waals surface area contributed by atoms with Crippen molar-refractivity contribution in [2.45, 2.75) is 38.1 Å². The highest BCUT2D eigenvalue weighted by molar-refractivity contribution is 5.75. The van der Waals surface area contributed by atoms with Gasteiger partial charge in [-0.2, -0.15) is 0 Å². The first-order chi connectivity index (χ1) is 4.61. The quantitative estimate of drug-likeness (QED) is 0.397. The van der Waals surface area contributed by atoms with E-state index in [0.717, 1.165) is 6.04 Å². The van der Waals surface area contributed by atoms with Crippen LogP contribution in [0.25, 0.3) is 0 Å². The molecule has 1 rings (SSSR count). The summed E-state index contributed by atoms with van der Waals surface area (Å²) in [7, 11) is 6.95. The molecule has 11 heavy (non-hydrogen) atoms. The summed E-state index contributed by atoms with van der Waals surface area (Å²) in [5, 5.41) is 0. The third-order valence-corrected chi connectivity index (χ3v) is 2.67. The fourth-order valence-corrected chi connectivity index (χ4v) is 1.86. The summed E-state index contributed by atoms with van der Waals surface area (Å²) in [4.78, 5) is 0. The zero-order valence-electron chi connectivity index (χ0n) is 8.14. The SMILES string of the molecule is C[N+](C)(C)C1CCCCC1.[B]. The maximum absolute atomic E-state index is 2.32. The van der Waals surface area contributed by atoms with Crippen LogP contribution in [0.4, 0.5) is 0 Å². The van der Waals surface area contributed by atoms with Crippen LogP contribution in [0.3, 0.4) is 0 Å². The lowest BCUT2D eigenvalue weighted by atomic mass is 9.94. The average molecular weight is 153 g/mol. The molecule has 0 aromatic carbocycles. The van der Waals surface area contributed by atoms with Gasteiger partial charge in [0.2, 0.25) is 0 Å². The maximum atomic E-state index is 2.32. The first-order valence-electron chi connectivity index (χ1n) is 4.42. The molecule has 0 saturated heterocycles. The highest BCUT2D eigenvalue weighted by atomic mass is 15.3. The number of rotatable bonds is 1. The van der Waals surface area contributed by atoms with Crippen LogP contribution in [0.1, 0.15) is 32.1 Å². The molecule has 0 bridgehead atoms. The average Bonchev–Trinajstić information content (AvgIpc) is 1.88. The van der Waals surface area contributed by atoms with Crippen molar-refractivity contribution in [1.29, 1.82) is 0 Å². The van der Waals surface area contributed by atoms with Crippen LogP contribution in [-0.2, 0) is 0 Å². The molecule has 0 aliphatic heterocycles. The monoisotopic (exact) mass is 153 g/mol. The van der Waals surface area contributed by atoms with Gasteiger partial charge in [-0.05, 0) is 25.7 Å².